The summed E-state index contributed by atoms with van der Waals surface area (Å²) in [5.41, 5.74) is 2.25. The average Bonchev–Trinajstić information content (AvgIpc) is 2.62. The lowest BCUT2D eigenvalue weighted by atomic mass is 9.90. The van der Waals surface area contributed by atoms with E-state index in [1.54, 1.807) is 48.5 Å². The Morgan fingerprint density at radius 1 is 0.583 bits per heavy atom. The molecule has 0 aliphatic heterocycles. The number of hydrogen-bond acceptors (Lipinski definition) is 2. The van der Waals surface area contributed by atoms with Gasteiger partial charge in [0.15, 0.2) is 0 Å². The van der Waals surface area contributed by atoms with Crippen molar-refractivity contribution in [1.29, 1.82) is 0 Å². The van der Waals surface area contributed by atoms with Crippen LogP contribution in [0.2, 0.25) is 0 Å². The van der Waals surface area contributed by atoms with Gasteiger partial charge in [-0.2, -0.15) is 0 Å². The van der Waals surface area contributed by atoms with Crippen molar-refractivity contribution in [3.05, 3.63) is 83.9 Å². The number of rotatable bonds is 4. The smallest absolute Gasteiger partial charge is 0.336 e. The van der Waals surface area contributed by atoms with Crippen LogP contribution in [0.25, 0.3) is 22.3 Å². The Bertz CT molecular complexity index is 822. The Balaban J connectivity index is 2.32. The fourth-order valence-electron chi connectivity index (χ4n) is 2.67. The standard InChI is InChI=1S/C20H14O4/c21-19(22)17-12-16(14-9-5-2-6-10-14)18(20(23)24)11-15(17)13-7-3-1-4-8-13/h1-12H,(H,21,22)(H,23,24). The second kappa shape index (κ2) is 6.38. The number of benzene rings is 3. The lowest BCUT2D eigenvalue weighted by Gasteiger charge is -2.13. The van der Waals surface area contributed by atoms with Gasteiger partial charge in [-0.3, -0.25) is 0 Å². The molecule has 3 rings (SSSR count). The first-order chi connectivity index (χ1) is 11.6. The van der Waals surface area contributed by atoms with Gasteiger partial charge in [0.25, 0.3) is 0 Å². The topological polar surface area (TPSA) is 74.6 Å². The normalized spacial score (nSPS) is 10.3. The van der Waals surface area contributed by atoms with Crippen molar-refractivity contribution in [2.75, 3.05) is 0 Å². The third kappa shape index (κ3) is 2.90. The lowest BCUT2D eigenvalue weighted by Crippen LogP contribution is -2.06. The molecule has 0 bridgehead atoms. The van der Waals surface area contributed by atoms with E-state index in [-0.39, 0.29) is 11.1 Å². The summed E-state index contributed by atoms with van der Waals surface area (Å²) in [7, 11) is 0. The molecule has 4 nitrogen and oxygen atoms in total. The Hall–Kier alpha value is -3.40. The third-order valence-corrected chi connectivity index (χ3v) is 3.79. The van der Waals surface area contributed by atoms with Gasteiger partial charge in [-0.25, -0.2) is 9.59 Å². The number of aromatic carboxylic acids is 2. The van der Waals surface area contributed by atoms with E-state index in [1.165, 1.54) is 12.1 Å². The second-order valence-electron chi connectivity index (χ2n) is 5.29. The molecule has 0 saturated carbocycles. The van der Waals surface area contributed by atoms with Gasteiger partial charge in [-0.05, 0) is 34.4 Å². The average molecular weight is 318 g/mol. The van der Waals surface area contributed by atoms with E-state index in [4.69, 9.17) is 0 Å². The number of carboxylic acids is 2. The first-order valence-corrected chi connectivity index (χ1v) is 7.33. The highest BCUT2D eigenvalue weighted by Crippen LogP contribution is 2.32. The van der Waals surface area contributed by atoms with Crippen LogP contribution >= 0.6 is 0 Å². The van der Waals surface area contributed by atoms with E-state index in [0.29, 0.717) is 22.3 Å². The number of carbonyl (C=O) groups is 2. The molecular formula is C20H14O4. The minimum Gasteiger partial charge on any atom is -0.478 e. The minimum absolute atomic E-state index is 0.0741. The maximum absolute atomic E-state index is 11.7. The predicted molar refractivity (Wildman–Crippen MR) is 91.2 cm³/mol. The molecule has 3 aromatic rings. The summed E-state index contributed by atoms with van der Waals surface area (Å²) in [6.45, 7) is 0. The van der Waals surface area contributed by atoms with Crippen LogP contribution in [0.5, 0.6) is 0 Å². The van der Waals surface area contributed by atoms with Gasteiger partial charge < -0.3 is 10.2 Å². The Morgan fingerprint density at radius 3 is 1.21 bits per heavy atom. The molecule has 0 saturated heterocycles. The zero-order valence-corrected chi connectivity index (χ0v) is 12.6. The van der Waals surface area contributed by atoms with Crippen molar-refractivity contribution in [3.8, 4) is 22.3 Å². The molecule has 0 atom stereocenters. The Kier molecular flexibility index (Phi) is 4.12. The molecule has 0 unspecified atom stereocenters. The van der Waals surface area contributed by atoms with Crippen LogP contribution in [-0.2, 0) is 0 Å². The van der Waals surface area contributed by atoms with Crippen LogP contribution in [0.1, 0.15) is 20.7 Å². The van der Waals surface area contributed by atoms with Gasteiger partial charge in [0.05, 0.1) is 11.1 Å². The summed E-state index contributed by atoms with van der Waals surface area (Å²) in [4.78, 5) is 23.4. The molecule has 3 aromatic carbocycles. The van der Waals surface area contributed by atoms with Crippen molar-refractivity contribution in [1.82, 2.24) is 0 Å². The summed E-state index contributed by atoms with van der Waals surface area (Å²) in [6.07, 6.45) is 0. The monoisotopic (exact) mass is 318 g/mol. The molecule has 24 heavy (non-hydrogen) atoms. The van der Waals surface area contributed by atoms with Crippen molar-refractivity contribution in [2.45, 2.75) is 0 Å². The molecule has 0 aliphatic carbocycles. The van der Waals surface area contributed by atoms with Gasteiger partial charge >= 0.3 is 11.9 Å². The van der Waals surface area contributed by atoms with Crippen molar-refractivity contribution < 1.29 is 19.8 Å². The summed E-state index contributed by atoms with van der Waals surface area (Å²) in [5, 5.41) is 19.2. The lowest BCUT2D eigenvalue weighted by molar-refractivity contribution is 0.0682. The molecular weight excluding hydrogens is 304 g/mol. The van der Waals surface area contributed by atoms with Crippen LogP contribution < -0.4 is 0 Å². The van der Waals surface area contributed by atoms with Gasteiger partial charge in [0.1, 0.15) is 0 Å². The number of hydrogen-bond donors (Lipinski definition) is 2. The molecule has 0 aromatic heterocycles. The van der Waals surface area contributed by atoms with Gasteiger partial charge in [0.2, 0.25) is 0 Å². The molecule has 4 heteroatoms. The van der Waals surface area contributed by atoms with E-state index in [2.05, 4.69) is 0 Å². The zero-order chi connectivity index (χ0) is 17.1. The SMILES string of the molecule is O=C(O)c1cc(-c2ccccc2)c(C(=O)O)cc1-c1ccccc1. The van der Waals surface area contributed by atoms with Crippen molar-refractivity contribution >= 4 is 11.9 Å². The van der Waals surface area contributed by atoms with E-state index in [0.717, 1.165) is 0 Å². The van der Waals surface area contributed by atoms with Crippen LogP contribution in [0.3, 0.4) is 0 Å². The first kappa shape index (κ1) is 15.5. The molecule has 0 spiro atoms. The zero-order valence-electron chi connectivity index (χ0n) is 12.6. The van der Waals surface area contributed by atoms with E-state index >= 15 is 0 Å². The Labute approximate surface area is 138 Å². The molecule has 0 fully saturated rings. The summed E-state index contributed by atoms with van der Waals surface area (Å²) >= 11 is 0. The second-order valence-corrected chi connectivity index (χ2v) is 5.29. The quantitative estimate of drug-likeness (QED) is 0.747. The highest BCUT2D eigenvalue weighted by Gasteiger charge is 2.20. The molecule has 0 heterocycles. The fourth-order valence-corrected chi connectivity index (χ4v) is 2.67. The minimum atomic E-state index is -1.09. The summed E-state index contributed by atoms with van der Waals surface area (Å²) < 4.78 is 0. The third-order valence-electron chi connectivity index (χ3n) is 3.79. The maximum Gasteiger partial charge on any atom is 0.336 e. The number of carboxylic acid groups (broad SMARTS) is 2. The first-order valence-electron chi connectivity index (χ1n) is 7.33. The van der Waals surface area contributed by atoms with Gasteiger partial charge in [-0.15, -0.1) is 0 Å². The summed E-state index contributed by atoms with van der Waals surface area (Å²) in [5.74, 6) is -2.19. The van der Waals surface area contributed by atoms with Crippen LogP contribution in [-0.4, -0.2) is 22.2 Å². The van der Waals surface area contributed by atoms with Crippen LogP contribution in [0.4, 0.5) is 0 Å². The van der Waals surface area contributed by atoms with Crippen LogP contribution in [0, 0.1) is 0 Å². The van der Waals surface area contributed by atoms with Gasteiger partial charge in [0, 0.05) is 0 Å². The summed E-state index contributed by atoms with van der Waals surface area (Å²) in [6, 6.07) is 20.7. The molecule has 118 valence electrons. The largest absolute Gasteiger partial charge is 0.478 e. The van der Waals surface area contributed by atoms with Crippen LogP contribution in [0.15, 0.2) is 72.8 Å². The Morgan fingerprint density at radius 2 is 0.917 bits per heavy atom. The molecule has 0 radical (unpaired) electrons. The highest BCUT2D eigenvalue weighted by atomic mass is 16.4. The molecule has 2 N–H and O–H groups in total. The van der Waals surface area contributed by atoms with Gasteiger partial charge in [-0.1, -0.05) is 60.7 Å². The fraction of sp³-hybridized carbons (Fsp3) is 0. The van der Waals surface area contributed by atoms with E-state index in [1.807, 2.05) is 12.1 Å². The van der Waals surface area contributed by atoms with E-state index in [9.17, 15) is 19.8 Å². The molecule has 0 amide bonds. The van der Waals surface area contributed by atoms with E-state index < -0.39 is 11.9 Å². The van der Waals surface area contributed by atoms with Crippen molar-refractivity contribution in [3.63, 3.8) is 0 Å². The predicted octanol–water partition coefficient (Wildman–Crippen LogP) is 4.42. The molecule has 0 aliphatic rings. The maximum atomic E-state index is 11.7. The highest BCUT2D eigenvalue weighted by molar-refractivity contribution is 6.04. The van der Waals surface area contributed by atoms with Crippen molar-refractivity contribution in [2.24, 2.45) is 0 Å².